The van der Waals surface area contributed by atoms with Crippen LogP contribution in [0.25, 0.3) is 11.0 Å². The molecule has 0 saturated carbocycles. The van der Waals surface area contributed by atoms with Crippen LogP contribution in [0.5, 0.6) is 17.2 Å². The molecular weight excluding hydrogens is 392 g/mol. The summed E-state index contributed by atoms with van der Waals surface area (Å²) in [5.74, 6) is 0.963. The second kappa shape index (κ2) is 12.7. The van der Waals surface area contributed by atoms with Gasteiger partial charge in [0.2, 0.25) is 5.75 Å². The maximum absolute atomic E-state index is 12.7. The van der Waals surface area contributed by atoms with Crippen LogP contribution >= 0.6 is 0 Å². The van der Waals surface area contributed by atoms with Gasteiger partial charge in [0.25, 0.3) is 0 Å². The third-order valence-electron chi connectivity index (χ3n) is 4.71. The molecule has 0 aliphatic rings. The summed E-state index contributed by atoms with van der Waals surface area (Å²) in [5, 5.41) is 0.647. The lowest BCUT2D eigenvalue weighted by atomic mass is 10.1. The zero-order valence-electron chi connectivity index (χ0n) is 19.3. The van der Waals surface area contributed by atoms with E-state index in [2.05, 4.69) is 39.8 Å². The quantitative estimate of drug-likeness (QED) is 0.217. The van der Waals surface area contributed by atoms with Gasteiger partial charge in [-0.2, -0.15) is 0 Å². The number of hydrogen-bond acceptors (Lipinski definition) is 5. The van der Waals surface area contributed by atoms with E-state index >= 15 is 0 Å². The van der Waals surface area contributed by atoms with Crippen LogP contribution in [0, 0.1) is 0 Å². The largest absolute Gasteiger partial charge is 0.493 e. The molecule has 5 nitrogen and oxygen atoms in total. The van der Waals surface area contributed by atoms with Crippen molar-refractivity contribution in [2.24, 2.45) is 0 Å². The summed E-state index contributed by atoms with van der Waals surface area (Å²) in [5.41, 5.74) is 2.33. The van der Waals surface area contributed by atoms with Crippen LogP contribution in [0.1, 0.15) is 53.4 Å². The van der Waals surface area contributed by atoms with Gasteiger partial charge in [0, 0.05) is 0 Å². The third-order valence-corrected chi connectivity index (χ3v) is 4.71. The number of para-hydroxylation sites is 1. The predicted octanol–water partition coefficient (Wildman–Crippen LogP) is 6.61. The lowest BCUT2D eigenvalue weighted by Crippen LogP contribution is -2.11. The Hall–Kier alpha value is -2.95. The predicted molar refractivity (Wildman–Crippen MR) is 126 cm³/mol. The van der Waals surface area contributed by atoms with E-state index in [0.717, 1.165) is 19.3 Å². The minimum atomic E-state index is -0.573. The molecular formula is C26H34O5. The summed E-state index contributed by atoms with van der Waals surface area (Å²) in [6.07, 6.45) is 12.0. The van der Waals surface area contributed by atoms with Crippen molar-refractivity contribution in [1.29, 1.82) is 0 Å². The van der Waals surface area contributed by atoms with E-state index in [-0.39, 0.29) is 5.75 Å². The number of ether oxygens (including phenoxy) is 3. The molecule has 31 heavy (non-hydrogen) atoms. The molecule has 168 valence electrons. The van der Waals surface area contributed by atoms with Crippen LogP contribution in [0.2, 0.25) is 0 Å². The Labute approximate surface area is 185 Å². The molecule has 0 unspecified atom stereocenters. The van der Waals surface area contributed by atoms with Crippen molar-refractivity contribution < 1.29 is 18.6 Å². The summed E-state index contributed by atoms with van der Waals surface area (Å²) in [4.78, 5) is 12.7. The molecule has 0 amide bonds. The Balaban J connectivity index is 2.29. The topological polar surface area (TPSA) is 57.9 Å². The first-order valence-corrected chi connectivity index (χ1v) is 10.8. The van der Waals surface area contributed by atoms with E-state index in [1.54, 1.807) is 13.2 Å². The Morgan fingerprint density at radius 3 is 2.55 bits per heavy atom. The SMILES string of the molecule is CCC=CCCOc1c(OC/C=C(\C)CCC=C(C)C)c2cccc(OC)c2oc1=O. The van der Waals surface area contributed by atoms with Gasteiger partial charge < -0.3 is 18.6 Å². The lowest BCUT2D eigenvalue weighted by molar-refractivity contribution is 0.275. The van der Waals surface area contributed by atoms with Crippen molar-refractivity contribution in [2.75, 3.05) is 20.3 Å². The molecule has 2 rings (SSSR count). The van der Waals surface area contributed by atoms with Crippen LogP contribution in [0.15, 0.2) is 62.9 Å². The summed E-state index contributed by atoms with van der Waals surface area (Å²) >= 11 is 0. The van der Waals surface area contributed by atoms with Gasteiger partial charge >= 0.3 is 5.63 Å². The van der Waals surface area contributed by atoms with E-state index in [1.165, 1.54) is 11.1 Å². The van der Waals surface area contributed by atoms with Gasteiger partial charge in [-0.15, -0.1) is 0 Å². The van der Waals surface area contributed by atoms with E-state index < -0.39 is 5.63 Å². The van der Waals surface area contributed by atoms with Crippen LogP contribution in [0.4, 0.5) is 0 Å². The van der Waals surface area contributed by atoms with Gasteiger partial charge in [0.05, 0.1) is 19.1 Å². The molecule has 0 aliphatic heterocycles. The van der Waals surface area contributed by atoms with Gasteiger partial charge in [-0.1, -0.05) is 42.4 Å². The number of fused-ring (bicyclic) bond motifs is 1. The van der Waals surface area contributed by atoms with Gasteiger partial charge in [-0.3, -0.25) is 0 Å². The number of allylic oxidation sites excluding steroid dienone is 4. The van der Waals surface area contributed by atoms with Crippen molar-refractivity contribution in [3.8, 4) is 17.2 Å². The number of methoxy groups -OCH3 is 1. The van der Waals surface area contributed by atoms with E-state index in [9.17, 15) is 4.79 Å². The normalized spacial score (nSPS) is 11.7. The number of rotatable bonds is 12. The number of benzene rings is 1. The molecule has 0 radical (unpaired) electrons. The molecule has 0 aliphatic carbocycles. The van der Waals surface area contributed by atoms with Crippen LogP contribution < -0.4 is 19.8 Å². The average Bonchev–Trinajstić information content (AvgIpc) is 2.74. The molecule has 1 aromatic carbocycles. The average molecular weight is 427 g/mol. The molecule has 0 fully saturated rings. The minimum Gasteiger partial charge on any atom is -0.493 e. The smallest absolute Gasteiger partial charge is 0.383 e. The molecule has 0 atom stereocenters. The first-order chi connectivity index (χ1) is 15.0. The Morgan fingerprint density at radius 1 is 1.03 bits per heavy atom. The highest BCUT2D eigenvalue weighted by Crippen LogP contribution is 2.36. The molecule has 0 bridgehead atoms. The molecule has 1 aromatic heterocycles. The highest BCUT2D eigenvalue weighted by molar-refractivity contribution is 5.89. The fourth-order valence-corrected chi connectivity index (χ4v) is 3.05. The minimum absolute atomic E-state index is 0.0984. The van der Waals surface area contributed by atoms with Crippen molar-refractivity contribution in [2.45, 2.75) is 53.4 Å². The van der Waals surface area contributed by atoms with Crippen LogP contribution in [-0.4, -0.2) is 20.3 Å². The standard InChI is InChI=1S/C26H34O5/c1-6-7-8-9-17-29-25-24(30-18-16-20(4)13-10-12-19(2)3)21-14-11-15-22(28-5)23(21)31-26(25)27/h7-8,11-12,14-16H,6,9-10,13,17-18H2,1-5H3/b8-7?,20-16+. The first-order valence-electron chi connectivity index (χ1n) is 10.8. The van der Waals surface area contributed by atoms with Crippen molar-refractivity contribution in [3.63, 3.8) is 0 Å². The highest BCUT2D eigenvalue weighted by atomic mass is 16.5. The second-order valence-corrected chi connectivity index (χ2v) is 7.58. The Morgan fingerprint density at radius 2 is 1.84 bits per heavy atom. The molecule has 5 heteroatoms. The van der Waals surface area contributed by atoms with Gasteiger partial charge in [0.1, 0.15) is 6.61 Å². The maximum atomic E-state index is 12.7. The first kappa shape index (κ1) is 24.3. The Bertz CT molecular complexity index is 991. The van der Waals surface area contributed by atoms with Gasteiger partial charge in [0.15, 0.2) is 17.1 Å². The van der Waals surface area contributed by atoms with Crippen molar-refractivity contribution >= 4 is 11.0 Å². The van der Waals surface area contributed by atoms with Crippen LogP contribution in [-0.2, 0) is 0 Å². The van der Waals surface area contributed by atoms with Gasteiger partial charge in [-0.05, 0) is 64.7 Å². The number of hydrogen-bond donors (Lipinski definition) is 0. The summed E-state index contributed by atoms with van der Waals surface area (Å²) in [7, 11) is 1.54. The third kappa shape index (κ3) is 7.35. The fourth-order valence-electron chi connectivity index (χ4n) is 3.05. The molecule has 0 N–H and O–H groups in total. The monoisotopic (exact) mass is 426 g/mol. The van der Waals surface area contributed by atoms with Crippen LogP contribution in [0.3, 0.4) is 0 Å². The van der Waals surface area contributed by atoms with Gasteiger partial charge in [-0.25, -0.2) is 4.79 Å². The highest BCUT2D eigenvalue weighted by Gasteiger charge is 2.19. The summed E-state index contributed by atoms with van der Waals surface area (Å²) in [6, 6.07) is 5.42. The molecule has 1 heterocycles. The van der Waals surface area contributed by atoms with E-state index in [1.807, 2.05) is 24.3 Å². The van der Waals surface area contributed by atoms with Crippen molar-refractivity contribution in [3.05, 3.63) is 64.1 Å². The second-order valence-electron chi connectivity index (χ2n) is 7.58. The Kier molecular flexibility index (Phi) is 9.95. The van der Waals surface area contributed by atoms with E-state index in [0.29, 0.717) is 42.1 Å². The molecule has 2 aromatic rings. The fraction of sp³-hybridized carbons (Fsp3) is 0.423. The molecule has 0 saturated heterocycles. The summed E-state index contributed by atoms with van der Waals surface area (Å²) < 4.78 is 22.7. The zero-order valence-corrected chi connectivity index (χ0v) is 19.3. The van der Waals surface area contributed by atoms with Crippen molar-refractivity contribution in [1.82, 2.24) is 0 Å². The van der Waals surface area contributed by atoms with E-state index in [4.69, 9.17) is 18.6 Å². The maximum Gasteiger partial charge on any atom is 0.383 e. The summed E-state index contributed by atoms with van der Waals surface area (Å²) in [6.45, 7) is 9.06. The lowest BCUT2D eigenvalue weighted by Gasteiger charge is -2.14. The zero-order chi connectivity index (χ0) is 22.6. The molecule has 0 spiro atoms.